The van der Waals surface area contributed by atoms with Crippen LogP contribution in [0, 0.1) is 11.8 Å². The third-order valence-electron chi connectivity index (χ3n) is 5.98. The molecule has 0 radical (unpaired) electrons. The lowest BCUT2D eigenvalue weighted by Crippen LogP contribution is -2.33. The third kappa shape index (κ3) is 2.44. The van der Waals surface area contributed by atoms with Crippen molar-refractivity contribution in [1.29, 1.82) is 0 Å². The quantitative estimate of drug-likeness (QED) is 0.918. The maximum absolute atomic E-state index is 12.5. The van der Waals surface area contributed by atoms with E-state index in [0.717, 1.165) is 26.2 Å². The van der Waals surface area contributed by atoms with Gasteiger partial charge in [0.15, 0.2) is 0 Å². The Hall–Kier alpha value is -2.33. The van der Waals surface area contributed by atoms with Crippen molar-refractivity contribution in [3.8, 4) is 11.1 Å². The van der Waals surface area contributed by atoms with Gasteiger partial charge in [-0.2, -0.15) is 0 Å². The number of fused-ring (bicyclic) bond motifs is 4. The predicted molar refractivity (Wildman–Crippen MR) is 96.5 cm³/mol. The van der Waals surface area contributed by atoms with E-state index in [1.807, 2.05) is 4.90 Å². The lowest BCUT2D eigenvalue weighted by Gasteiger charge is -2.20. The lowest BCUT2D eigenvalue weighted by atomic mass is 9.98. The smallest absolute Gasteiger partial charge is 0.409 e. The summed E-state index contributed by atoms with van der Waals surface area (Å²) in [5, 5.41) is 3.40. The van der Waals surface area contributed by atoms with Crippen LogP contribution in [0.1, 0.15) is 17.0 Å². The fourth-order valence-electron chi connectivity index (χ4n) is 4.69. The first-order valence-electron chi connectivity index (χ1n) is 9.12. The molecule has 4 heteroatoms. The van der Waals surface area contributed by atoms with Crippen LogP contribution in [0.4, 0.5) is 4.79 Å². The molecule has 1 amide bonds. The molecule has 0 unspecified atom stereocenters. The lowest BCUT2D eigenvalue weighted by molar-refractivity contribution is 0.105. The van der Waals surface area contributed by atoms with Crippen LogP contribution in [0.15, 0.2) is 48.5 Å². The zero-order valence-corrected chi connectivity index (χ0v) is 14.2. The van der Waals surface area contributed by atoms with Crippen molar-refractivity contribution in [2.24, 2.45) is 11.8 Å². The summed E-state index contributed by atoms with van der Waals surface area (Å²) in [6.07, 6.45) is -0.156. The van der Waals surface area contributed by atoms with Gasteiger partial charge < -0.3 is 15.0 Å². The van der Waals surface area contributed by atoms with Crippen LogP contribution >= 0.6 is 0 Å². The summed E-state index contributed by atoms with van der Waals surface area (Å²) in [6.45, 7) is 4.12. The number of carbonyl (C=O) groups excluding carboxylic acids is 1. The second-order valence-electron chi connectivity index (χ2n) is 7.39. The number of benzene rings is 2. The summed E-state index contributed by atoms with van der Waals surface area (Å²) < 4.78 is 5.76. The molecule has 2 saturated heterocycles. The van der Waals surface area contributed by atoms with Crippen LogP contribution in [-0.2, 0) is 4.74 Å². The van der Waals surface area contributed by atoms with Gasteiger partial charge in [-0.1, -0.05) is 48.5 Å². The highest BCUT2D eigenvalue weighted by atomic mass is 16.6. The highest BCUT2D eigenvalue weighted by Crippen LogP contribution is 2.44. The van der Waals surface area contributed by atoms with Gasteiger partial charge in [0.05, 0.1) is 0 Å². The zero-order valence-electron chi connectivity index (χ0n) is 14.2. The molecule has 3 aliphatic rings. The molecule has 2 aliphatic heterocycles. The average molecular weight is 334 g/mol. The number of carbonyl (C=O) groups is 1. The van der Waals surface area contributed by atoms with E-state index in [1.54, 1.807) is 0 Å². The summed E-state index contributed by atoms with van der Waals surface area (Å²) in [4.78, 5) is 14.4. The molecular weight excluding hydrogens is 312 g/mol. The molecular formula is C21H22N2O2. The first-order chi connectivity index (χ1) is 12.3. The van der Waals surface area contributed by atoms with Crippen LogP contribution in [0.3, 0.4) is 0 Å². The Kier molecular flexibility index (Phi) is 3.52. The minimum absolute atomic E-state index is 0.139. The highest BCUT2D eigenvalue weighted by molar-refractivity contribution is 5.79. The molecule has 1 aliphatic carbocycles. The van der Waals surface area contributed by atoms with Gasteiger partial charge >= 0.3 is 6.09 Å². The summed E-state index contributed by atoms with van der Waals surface area (Å²) in [5.41, 5.74) is 5.06. The molecule has 2 aromatic carbocycles. The normalized spacial score (nSPS) is 24.1. The van der Waals surface area contributed by atoms with E-state index in [2.05, 4.69) is 53.8 Å². The van der Waals surface area contributed by atoms with Crippen LogP contribution in [-0.4, -0.2) is 43.8 Å². The minimum atomic E-state index is -0.156. The molecule has 2 aromatic rings. The predicted octanol–water partition coefficient (Wildman–Crippen LogP) is 3.09. The van der Waals surface area contributed by atoms with Crippen molar-refractivity contribution < 1.29 is 9.53 Å². The van der Waals surface area contributed by atoms with E-state index in [9.17, 15) is 4.79 Å². The van der Waals surface area contributed by atoms with E-state index in [-0.39, 0.29) is 12.0 Å². The van der Waals surface area contributed by atoms with Crippen molar-refractivity contribution >= 4 is 6.09 Å². The van der Waals surface area contributed by atoms with Crippen molar-refractivity contribution in [3.05, 3.63) is 59.7 Å². The fourth-order valence-corrected chi connectivity index (χ4v) is 4.69. The number of ether oxygens (including phenoxy) is 1. The number of amides is 1. The standard InChI is InChI=1S/C21H22N2O2/c24-21(23-11-14-9-22-10-15(14)12-23)25-13-20-18-7-3-1-5-16(18)17-6-2-4-8-19(17)20/h1-8,14-15,20,22H,9-13H2/t14-,15+. The van der Waals surface area contributed by atoms with Gasteiger partial charge in [-0.15, -0.1) is 0 Å². The Labute approximate surface area is 147 Å². The number of hydrogen-bond donors (Lipinski definition) is 1. The van der Waals surface area contributed by atoms with Crippen LogP contribution in [0.2, 0.25) is 0 Å². The third-order valence-corrected chi connectivity index (χ3v) is 5.98. The van der Waals surface area contributed by atoms with E-state index in [1.165, 1.54) is 22.3 Å². The van der Waals surface area contributed by atoms with Gasteiger partial charge in [-0.25, -0.2) is 4.79 Å². The topological polar surface area (TPSA) is 41.6 Å². The first-order valence-corrected chi connectivity index (χ1v) is 9.12. The first kappa shape index (κ1) is 15.0. The van der Waals surface area contributed by atoms with Gasteiger partial charge in [-0.3, -0.25) is 0 Å². The Balaban J connectivity index is 1.32. The number of hydrogen-bond acceptors (Lipinski definition) is 3. The molecule has 4 nitrogen and oxygen atoms in total. The summed E-state index contributed by atoms with van der Waals surface area (Å²) in [5.74, 6) is 1.33. The van der Waals surface area contributed by atoms with Crippen LogP contribution < -0.4 is 5.32 Å². The minimum Gasteiger partial charge on any atom is -0.448 e. The molecule has 2 fully saturated rings. The maximum Gasteiger partial charge on any atom is 0.409 e. The fraction of sp³-hybridized carbons (Fsp3) is 0.381. The molecule has 2 heterocycles. The number of nitrogens with zero attached hydrogens (tertiary/aromatic N) is 1. The van der Waals surface area contributed by atoms with Crippen molar-refractivity contribution in [3.63, 3.8) is 0 Å². The molecule has 128 valence electrons. The van der Waals surface area contributed by atoms with Gasteiger partial charge in [0, 0.05) is 32.1 Å². The van der Waals surface area contributed by atoms with Crippen molar-refractivity contribution in [2.75, 3.05) is 32.8 Å². The van der Waals surface area contributed by atoms with Gasteiger partial charge in [0.25, 0.3) is 0 Å². The maximum atomic E-state index is 12.5. The van der Waals surface area contributed by atoms with Crippen LogP contribution in [0.25, 0.3) is 11.1 Å². The second-order valence-corrected chi connectivity index (χ2v) is 7.39. The highest BCUT2D eigenvalue weighted by Gasteiger charge is 2.39. The van der Waals surface area contributed by atoms with Gasteiger partial charge in [-0.05, 0) is 34.1 Å². The van der Waals surface area contributed by atoms with Gasteiger partial charge in [0.1, 0.15) is 6.61 Å². The molecule has 5 rings (SSSR count). The van der Waals surface area contributed by atoms with Crippen LogP contribution in [0.5, 0.6) is 0 Å². The molecule has 2 atom stereocenters. The second kappa shape index (κ2) is 5.88. The molecule has 25 heavy (non-hydrogen) atoms. The molecule has 1 N–H and O–H groups in total. The van der Waals surface area contributed by atoms with Gasteiger partial charge in [0.2, 0.25) is 0 Å². The zero-order chi connectivity index (χ0) is 16.8. The Morgan fingerprint density at radius 1 is 0.960 bits per heavy atom. The summed E-state index contributed by atoms with van der Waals surface area (Å²) in [6, 6.07) is 16.9. The van der Waals surface area contributed by atoms with Crippen molar-refractivity contribution in [1.82, 2.24) is 10.2 Å². The molecule has 0 aromatic heterocycles. The molecule has 0 saturated carbocycles. The SMILES string of the molecule is O=C(OCC1c2ccccc2-c2ccccc21)N1C[C@H]2CNC[C@H]2C1. The monoisotopic (exact) mass is 334 g/mol. The Bertz CT molecular complexity index is 762. The average Bonchev–Trinajstić information content (AvgIpc) is 3.32. The number of nitrogens with one attached hydrogen (secondary N) is 1. The summed E-state index contributed by atoms with van der Waals surface area (Å²) >= 11 is 0. The van der Waals surface area contributed by atoms with Crippen molar-refractivity contribution in [2.45, 2.75) is 5.92 Å². The van der Waals surface area contributed by atoms with E-state index >= 15 is 0 Å². The molecule has 0 spiro atoms. The Morgan fingerprint density at radius 3 is 2.12 bits per heavy atom. The largest absolute Gasteiger partial charge is 0.448 e. The number of likely N-dealkylation sites (tertiary alicyclic amines) is 1. The Morgan fingerprint density at radius 2 is 1.52 bits per heavy atom. The van der Waals surface area contributed by atoms with E-state index in [4.69, 9.17) is 4.74 Å². The number of rotatable bonds is 2. The van der Waals surface area contributed by atoms with E-state index < -0.39 is 0 Å². The van der Waals surface area contributed by atoms with E-state index in [0.29, 0.717) is 18.4 Å². The summed E-state index contributed by atoms with van der Waals surface area (Å²) in [7, 11) is 0. The molecule has 0 bridgehead atoms.